The number of hydrogen-bond donors (Lipinski definition) is 1. The first-order chi connectivity index (χ1) is 12.2. The van der Waals surface area contributed by atoms with Gasteiger partial charge in [0.1, 0.15) is 11.8 Å². The number of hydrogen-bond acceptors (Lipinski definition) is 4. The fourth-order valence-corrected chi connectivity index (χ4v) is 3.52. The predicted molar refractivity (Wildman–Crippen MR) is 95.1 cm³/mol. The predicted octanol–water partition coefficient (Wildman–Crippen LogP) is 2.42. The van der Waals surface area contributed by atoms with Gasteiger partial charge in [0.05, 0.1) is 11.8 Å². The number of para-hydroxylation sites is 1. The standard InChI is InChI=1S/C19H22N4O2/c1-22-10-15(9-21-22)12-23-7-6-14(11-23)8-20-19(24)17-13-25-18-5-3-2-4-16(17)18/h2-5,9-10,13-14H,6-8,11-12H2,1H3,(H,20,24)/t14-/m1/s1. The van der Waals surface area contributed by atoms with Gasteiger partial charge in [0.2, 0.25) is 0 Å². The molecule has 6 nitrogen and oxygen atoms in total. The molecule has 0 aliphatic carbocycles. The highest BCUT2D eigenvalue weighted by atomic mass is 16.3. The molecule has 0 radical (unpaired) electrons. The topological polar surface area (TPSA) is 63.3 Å². The lowest BCUT2D eigenvalue weighted by atomic mass is 10.1. The van der Waals surface area contributed by atoms with Gasteiger partial charge < -0.3 is 9.73 Å². The van der Waals surface area contributed by atoms with Crippen molar-refractivity contribution in [2.24, 2.45) is 13.0 Å². The van der Waals surface area contributed by atoms with E-state index in [0.717, 1.165) is 37.0 Å². The van der Waals surface area contributed by atoms with Crippen LogP contribution in [0.1, 0.15) is 22.3 Å². The highest BCUT2D eigenvalue weighted by Crippen LogP contribution is 2.21. The Kier molecular flexibility index (Phi) is 4.28. The van der Waals surface area contributed by atoms with Gasteiger partial charge in [-0.2, -0.15) is 5.10 Å². The number of rotatable bonds is 5. The minimum atomic E-state index is -0.0596. The lowest BCUT2D eigenvalue weighted by Gasteiger charge is -2.15. The molecule has 1 aliphatic heterocycles. The molecule has 1 fully saturated rings. The van der Waals surface area contributed by atoms with Crippen LogP contribution in [-0.2, 0) is 13.6 Å². The Balaban J connectivity index is 1.31. The molecular formula is C19H22N4O2. The minimum absolute atomic E-state index is 0.0596. The Morgan fingerprint density at radius 3 is 3.12 bits per heavy atom. The molecule has 0 unspecified atom stereocenters. The Morgan fingerprint density at radius 1 is 1.40 bits per heavy atom. The van der Waals surface area contributed by atoms with Crippen LogP contribution in [-0.4, -0.2) is 40.2 Å². The Morgan fingerprint density at radius 2 is 2.28 bits per heavy atom. The number of benzene rings is 1. The molecule has 0 saturated carbocycles. The van der Waals surface area contributed by atoms with E-state index in [1.54, 1.807) is 6.26 Å². The smallest absolute Gasteiger partial charge is 0.255 e. The number of nitrogens with zero attached hydrogens (tertiary/aromatic N) is 3. The van der Waals surface area contributed by atoms with Crippen molar-refractivity contribution in [3.63, 3.8) is 0 Å². The average molecular weight is 338 g/mol. The van der Waals surface area contributed by atoms with Crippen LogP contribution in [0.25, 0.3) is 11.0 Å². The molecule has 1 aromatic carbocycles. The number of likely N-dealkylation sites (tertiary alicyclic amines) is 1. The van der Waals surface area contributed by atoms with Gasteiger partial charge in [0.15, 0.2) is 0 Å². The monoisotopic (exact) mass is 338 g/mol. The first kappa shape index (κ1) is 15.9. The second-order valence-electron chi connectivity index (χ2n) is 6.77. The molecule has 0 spiro atoms. The molecule has 4 rings (SSSR count). The summed E-state index contributed by atoms with van der Waals surface area (Å²) in [7, 11) is 1.94. The molecule has 1 atom stereocenters. The van der Waals surface area contributed by atoms with E-state index in [9.17, 15) is 4.79 Å². The van der Waals surface area contributed by atoms with Crippen LogP contribution >= 0.6 is 0 Å². The van der Waals surface area contributed by atoms with Gasteiger partial charge in [-0.15, -0.1) is 0 Å². The van der Waals surface area contributed by atoms with Gasteiger partial charge in [-0.05, 0) is 24.9 Å². The van der Waals surface area contributed by atoms with E-state index >= 15 is 0 Å². The zero-order valence-electron chi connectivity index (χ0n) is 14.3. The summed E-state index contributed by atoms with van der Waals surface area (Å²) in [6, 6.07) is 7.61. The van der Waals surface area contributed by atoms with Crippen molar-refractivity contribution in [3.8, 4) is 0 Å². The van der Waals surface area contributed by atoms with Crippen LogP contribution < -0.4 is 5.32 Å². The average Bonchev–Trinajstić information content (AvgIpc) is 3.33. The highest BCUT2D eigenvalue weighted by Gasteiger charge is 2.24. The number of carbonyl (C=O) groups is 1. The first-order valence-electron chi connectivity index (χ1n) is 8.63. The van der Waals surface area contributed by atoms with E-state index in [-0.39, 0.29) is 5.91 Å². The fourth-order valence-electron chi connectivity index (χ4n) is 3.52. The molecule has 130 valence electrons. The maximum Gasteiger partial charge on any atom is 0.255 e. The van der Waals surface area contributed by atoms with Crippen LogP contribution in [0.2, 0.25) is 0 Å². The third-order valence-corrected chi connectivity index (χ3v) is 4.81. The number of aromatic nitrogens is 2. The summed E-state index contributed by atoms with van der Waals surface area (Å²) >= 11 is 0. The molecule has 2 aromatic heterocycles. The Bertz CT molecular complexity index is 882. The van der Waals surface area contributed by atoms with Gasteiger partial charge in [-0.1, -0.05) is 18.2 Å². The summed E-state index contributed by atoms with van der Waals surface area (Å²) in [5.41, 5.74) is 2.59. The molecule has 3 heterocycles. The van der Waals surface area contributed by atoms with Gasteiger partial charge in [0, 0.05) is 43.8 Å². The van der Waals surface area contributed by atoms with E-state index in [1.165, 1.54) is 5.56 Å². The summed E-state index contributed by atoms with van der Waals surface area (Å²) in [6.45, 7) is 3.68. The van der Waals surface area contributed by atoms with Crippen LogP contribution in [0.5, 0.6) is 0 Å². The maximum atomic E-state index is 12.5. The van der Waals surface area contributed by atoms with Crippen molar-refractivity contribution < 1.29 is 9.21 Å². The third kappa shape index (κ3) is 3.44. The minimum Gasteiger partial charge on any atom is -0.463 e. The highest BCUT2D eigenvalue weighted by molar-refractivity contribution is 6.05. The summed E-state index contributed by atoms with van der Waals surface area (Å²) in [5.74, 6) is 0.425. The summed E-state index contributed by atoms with van der Waals surface area (Å²) < 4.78 is 7.28. The van der Waals surface area contributed by atoms with Gasteiger partial charge in [-0.3, -0.25) is 14.4 Å². The van der Waals surface area contributed by atoms with Crippen molar-refractivity contribution in [3.05, 3.63) is 54.0 Å². The molecule has 1 saturated heterocycles. The van der Waals surface area contributed by atoms with Crippen LogP contribution in [0, 0.1) is 5.92 Å². The van der Waals surface area contributed by atoms with Crippen molar-refractivity contribution in [1.82, 2.24) is 20.0 Å². The van der Waals surface area contributed by atoms with Crippen LogP contribution in [0.15, 0.2) is 47.3 Å². The van der Waals surface area contributed by atoms with Crippen molar-refractivity contribution in [1.29, 1.82) is 0 Å². The molecule has 3 aromatic rings. The number of carbonyl (C=O) groups excluding carboxylic acids is 1. The van der Waals surface area contributed by atoms with E-state index in [0.29, 0.717) is 18.0 Å². The van der Waals surface area contributed by atoms with Gasteiger partial charge in [0.25, 0.3) is 5.91 Å². The van der Waals surface area contributed by atoms with E-state index in [4.69, 9.17) is 4.42 Å². The van der Waals surface area contributed by atoms with Crippen LogP contribution in [0.4, 0.5) is 0 Å². The van der Waals surface area contributed by atoms with Gasteiger partial charge in [-0.25, -0.2) is 0 Å². The molecular weight excluding hydrogens is 316 g/mol. The summed E-state index contributed by atoms with van der Waals surface area (Å²) in [5, 5.41) is 8.15. The van der Waals surface area contributed by atoms with E-state index in [2.05, 4.69) is 21.5 Å². The molecule has 0 bridgehead atoms. The zero-order chi connectivity index (χ0) is 17.2. The fraction of sp³-hybridized carbons (Fsp3) is 0.368. The number of furan rings is 1. The van der Waals surface area contributed by atoms with E-state index < -0.39 is 0 Å². The largest absolute Gasteiger partial charge is 0.463 e. The van der Waals surface area contributed by atoms with Gasteiger partial charge >= 0.3 is 0 Å². The van der Waals surface area contributed by atoms with Crippen molar-refractivity contribution in [2.45, 2.75) is 13.0 Å². The lowest BCUT2D eigenvalue weighted by Crippen LogP contribution is -2.30. The molecule has 25 heavy (non-hydrogen) atoms. The van der Waals surface area contributed by atoms with E-state index in [1.807, 2.05) is 42.2 Å². The maximum absolute atomic E-state index is 12.5. The number of amides is 1. The summed E-state index contributed by atoms with van der Waals surface area (Å²) in [4.78, 5) is 14.9. The quantitative estimate of drug-likeness (QED) is 0.776. The Hall–Kier alpha value is -2.60. The number of nitrogens with one attached hydrogen (secondary N) is 1. The second kappa shape index (κ2) is 6.72. The molecule has 1 amide bonds. The zero-order valence-corrected chi connectivity index (χ0v) is 14.3. The SMILES string of the molecule is Cn1cc(CN2CC[C@H](CNC(=O)c3coc4ccccc34)C2)cn1. The van der Waals surface area contributed by atoms with Crippen LogP contribution in [0.3, 0.4) is 0 Å². The lowest BCUT2D eigenvalue weighted by molar-refractivity contribution is 0.0948. The van der Waals surface area contributed by atoms with Crippen molar-refractivity contribution >= 4 is 16.9 Å². The molecule has 1 N–H and O–H groups in total. The third-order valence-electron chi connectivity index (χ3n) is 4.81. The van der Waals surface area contributed by atoms with Crippen molar-refractivity contribution in [2.75, 3.05) is 19.6 Å². The first-order valence-corrected chi connectivity index (χ1v) is 8.63. The summed E-state index contributed by atoms with van der Waals surface area (Å²) in [6.07, 6.45) is 6.62. The second-order valence-corrected chi connectivity index (χ2v) is 6.77. The normalized spacial score (nSPS) is 18.0. The number of aryl methyl sites for hydroxylation is 1. The Labute approximate surface area is 146 Å². The number of fused-ring (bicyclic) bond motifs is 1. The molecule has 1 aliphatic rings. The molecule has 6 heteroatoms.